The Labute approximate surface area is 116 Å². The van der Waals surface area contributed by atoms with Crippen LogP contribution in [-0.2, 0) is 0 Å². The molecule has 0 radical (unpaired) electrons. The molecule has 0 aromatic heterocycles. The summed E-state index contributed by atoms with van der Waals surface area (Å²) in [5, 5.41) is 0. The summed E-state index contributed by atoms with van der Waals surface area (Å²) in [6.07, 6.45) is 1.37. The summed E-state index contributed by atoms with van der Waals surface area (Å²) in [6, 6.07) is 18.0. The van der Waals surface area contributed by atoms with Crippen LogP contribution < -0.4 is 0 Å². The lowest BCUT2D eigenvalue weighted by Crippen LogP contribution is -2.06. The SMILES string of the molecule is Cc1ccc(C(c2ccccc2C)C2CC2C)cc1. The van der Waals surface area contributed by atoms with E-state index in [4.69, 9.17) is 0 Å². The van der Waals surface area contributed by atoms with Gasteiger partial charge in [0.15, 0.2) is 0 Å². The van der Waals surface area contributed by atoms with Crippen LogP contribution in [0.5, 0.6) is 0 Å². The summed E-state index contributed by atoms with van der Waals surface area (Å²) in [5.74, 6) is 2.27. The molecule has 0 N–H and O–H groups in total. The molecule has 0 bridgehead atoms. The van der Waals surface area contributed by atoms with Gasteiger partial charge in [-0.3, -0.25) is 0 Å². The normalized spacial score (nSPS) is 23.1. The van der Waals surface area contributed by atoms with Crippen LogP contribution >= 0.6 is 0 Å². The monoisotopic (exact) mass is 250 g/mol. The lowest BCUT2D eigenvalue weighted by Gasteiger charge is -2.20. The fraction of sp³-hybridized carbons (Fsp3) is 0.368. The summed E-state index contributed by atoms with van der Waals surface area (Å²) in [7, 11) is 0. The summed E-state index contributed by atoms with van der Waals surface area (Å²) in [4.78, 5) is 0. The number of aryl methyl sites for hydroxylation is 2. The van der Waals surface area contributed by atoms with Gasteiger partial charge < -0.3 is 0 Å². The van der Waals surface area contributed by atoms with Crippen molar-refractivity contribution in [3.63, 3.8) is 0 Å². The molecule has 3 atom stereocenters. The molecule has 0 nitrogen and oxygen atoms in total. The Hall–Kier alpha value is -1.56. The van der Waals surface area contributed by atoms with Crippen molar-refractivity contribution in [3.05, 3.63) is 70.8 Å². The van der Waals surface area contributed by atoms with Gasteiger partial charge in [-0.15, -0.1) is 0 Å². The third-order valence-corrected chi connectivity index (χ3v) is 4.56. The highest BCUT2D eigenvalue weighted by Gasteiger charge is 2.41. The van der Waals surface area contributed by atoms with E-state index in [1.54, 1.807) is 0 Å². The van der Waals surface area contributed by atoms with Gasteiger partial charge in [-0.2, -0.15) is 0 Å². The fourth-order valence-electron chi connectivity index (χ4n) is 3.18. The standard InChI is InChI=1S/C19H22/c1-13-8-10-16(11-9-13)19(18-12-15(18)3)17-7-5-4-6-14(17)2/h4-11,15,18-19H,12H2,1-3H3. The minimum absolute atomic E-state index is 0.580. The number of benzene rings is 2. The maximum Gasteiger partial charge on any atom is 0.0123 e. The lowest BCUT2D eigenvalue weighted by molar-refractivity contribution is 0.648. The molecule has 1 aliphatic rings. The van der Waals surface area contributed by atoms with E-state index < -0.39 is 0 Å². The molecule has 3 unspecified atom stereocenters. The maximum atomic E-state index is 2.38. The maximum absolute atomic E-state index is 2.38. The van der Waals surface area contributed by atoms with Crippen LogP contribution in [0.15, 0.2) is 48.5 Å². The molecular weight excluding hydrogens is 228 g/mol. The lowest BCUT2D eigenvalue weighted by atomic mass is 9.84. The van der Waals surface area contributed by atoms with Gasteiger partial charge in [-0.05, 0) is 48.8 Å². The van der Waals surface area contributed by atoms with E-state index in [2.05, 4.69) is 69.3 Å². The Morgan fingerprint density at radius 2 is 1.58 bits per heavy atom. The van der Waals surface area contributed by atoms with Crippen molar-refractivity contribution in [3.8, 4) is 0 Å². The second kappa shape index (κ2) is 4.85. The molecule has 0 saturated heterocycles. The summed E-state index contributed by atoms with van der Waals surface area (Å²) in [5.41, 5.74) is 5.76. The molecule has 0 spiro atoms. The molecule has 0 heterocycles. The summed E-state index contributed by atoms with van der Waals surface area (Å²) in [6.45, 7) is 6.78. The molecule has 98 valence electrons. The quantitative estimate of drug-likeness (QED) is 0.711. The van der Waals surface area contributed by atoms with E-state index in [9.17, 15) is 0 Å². The molecule has 2 aromatic carbocycles. The van der Waals surface area contributed by atoms with Crippen molar-refractivity contribution in [1.82, 2.24) is 0 Å². The highest BCUT2D eigenvalue weighted by molar-refractivity contribution is 5.40. The Morgan fingerprint density at radius 3 is 2.16 bits per heavy atom. The van der Waals surface area contributed by atoms with E-state index in [1.165, 1.54) is 28.7 Å². The van der Waals surface area contributed by atoms with Crippen LogP contribution in [0.3, 0.4) is 0 Å². The zero-order valence-corrected chi connectivity index (χ0v) is 12.1. The fourth-order valence-corrected chi connectivity index (χ4v) is 3.18. The Balaban J connectivity index is 2.03. The first kappa shape index (κ1) is 12.5. The number of hydrogen-bond acceptors (Lipinski definition) is 0. The van der Waals surface area contributed by atoms with E-state index in [0.29, 0.717) is 5.92 Å². The predicted octanol–water partition coefficient (Wildman–Crippen LogP) is 5.09. The van der Waals surface area contributed by atoms with Crippen molar-refractivity contribution in [1.29, 1.82) is 0 Å². The zero-order valence-electron chi connectivity index (χ0n) is 12.1. The van der Waals surface area contributed by atoms with Gasteiger partial charge in [0.2, 0.25) is 0 Å². The third kappa shape index (κ3) is 2.45. The van der Waals surface area contributed by atoms with Gasteiger partial charge in [0, 0.05) is 5.92 Å². The van der Waals surface area contributed by atoms with Gasteiger partial charge in [0.25, 0.3) is 0 Å². The molecule has 1 aliphatic carbocycles. The molecule has 1 fully saturated rings. The Kier molecular flexibility index (Phi) is 3.18. The number of rotatable bonds is 3. The van der Waals surface area contributed by atoms with Gasteiger partial charge in [-0.1, -0.05) is 61.0 Å². The van der Waals surface area contributed by atoms with Crippen molar-refractivity contribution in [2.45, 2.75) is 33.1 Å². The van der Waals surface area contributed by atoms with E-state index in [-0.39, 0.29) is 0 Å². The van der Waals surface area contributed by atoms with Gasteiger partial charge in [0.1, 0.15) is 0 Å². The molecule has 1 saturated carbocycles. The number of hydrogen-bond donors (Lipinski definition) is 0. The van der Waals surface area contributed by atoms with Crippen LogP contribution in [0.2, 0.25) is 0 Å². The van der Waals surface area contributed by atoms with Crippen LogP contribution in [0.25, 0.3) is 0 Å². The van der Waals surface area contributed by atoms with Crippen molar-refractivity contribution >= 4 is 0 Å². The minimum atomic E-state index is 0.580. The highest BCUT2D eigenvalue weighted by Crippen LogP contribution is 2.51. The topological polar surface area (TPSA) is 0 Å². The van der Waals surface area contributed by atoms with Crippen molar-refractivity contribution in [2.75, 3.05) is 0 Å². The van der Waals surface area contributed by atoms with E-state index in [1.807, 2.05) is 0 Å². The first-order valence-electron chi connectivity index (χ1n) is 7.29. The Morgan fingerprint density at radius 1 is 0.947 bits per heavy atom. The Bertz CT molecular complexity index is 565. The van der Waals surface area contributed by atoms with Crippen molar-refractivity contribution in [2.24, 2.45) is 11.8 Å². The molecule has 0 aliphatic heterocycles. The highest BCUT2D eigenvalue weighted by atomic mass is 14.4. The second-order valence-corrected chi connectivity index (χ2v) is 6.12. The molecule has 0 amide bonds. The second-order valence-electron chi connectivity index (χ2n) is 6.12. The van der Waals surface area contributed by atoms with Crippen LogP contribution in [0.1, 0.15) is 41.5 Å². The minimum Gasteiger partial charge on any atom is -0.0622 e. The smallest absolute Gasteiger partial charge is 0.0123 e. The average molecular weight is 250 g/mol. The average Bonchev–Trinajstić information content (AvgIpc) is 3.11. The van der Waals surface area contributed by atoms with Crippen LogP contribution in [-0.4, -0.2) is 0 Å². The van der Waals surface area contributed by atoms with E-state index in [0.717, 1.165) is 11.8 Å². The molecule has 2 aromatic rings. The van der Waals surface area contributed by atoms with Crippen molar-refractivity contribution < 1.29 is 0 Å². The van der Waals surface area contributed by atoms with Gasteiger partial charge >= 0.3 is 0 Å². The van der Waals surface area contributed by atoms with Crippen LogP contribution in [0.4, 0.5) is 0 Å². The molecular formula is C19H22. The largest absolute Gasteiger partial charge is 0.0622 e. The third-order valence-electron chi connectivity index (χ3n) is 4.56. The zero-order chi connectivity index (χ0) is 13.4. The molecule has 19 heavy (non-hydrogen) atoms. The first-order chi connectivity index (χ1) is 9.16. The molecule has 0 heteroatoms. The summed E-state index contributed by atoms with van der Waals surface area (Å²) >= 11 is 0. The van der Waals surface area contributed by atoms with E-state index >= 15 is 0 Å². The summed E-state index contributed by atoms with van der Waals surface area (Å²) < 4.78 is 0. The van der Waals surface area contributed by atoms with Gasteiger partial charge in [-0.25, -0.2) is 0 Å². The first-order valence-corrected chi connectivity index (χ1v) is 7.29. The van der Waals surface area contributed by atoms with Gasteiger partial charge in [0.05, 0.1) is 0 Å². The van der Waals surface area contributed by atoms with Crippen LogP contribution in [0, 0.1) is 25.7 Å². The predicted molar refractivity (Wildman–Crippen MR) is 81.5 cm³/mol. The molecule has 3 rings (SSSR count).